The van der Waals surface area contributed by atoms with Crippen molar-refractivity contribution in [2.75, 3.05) is 0 Å². The molecule has 0 bridgehead atoms. The van der Waals surface area contributed by atoms with Gasteiger partial charge in [0.05, 0.1) is 16.6 Å². The topological polar surface area (TPSA) is 93.0 Å². The molecule has 3 aromatic heterocycles. The summed E-state index contributed by atoms with van der Waals surface area (Å²) in [5.41, 5.74) is 7.90. The van der Waals surface area contributed by atoms with Crippen molar-refractivity contribution in [2.24, 2.45) is 5.90 Å². The van der Waals surface area contributed by atoms with E-state index in [0.717, 1.165) is 60.6 Å². The number of fused-ring (bicyclic) bond motifs is 4. The van der Waals surface area contributed by atoms with E-state index in [-0.39, 0.29) is 0 Å². The van der Waals surface area contributed by atoms with Gasteiger partial charge in [-0.2, -0.15) is 15.9 Å². The number of nitrogens with two attached hydrogens (primary N) is 1. The number of rotatable bonds is 7. The van der Waals surface area contributed by atoms with Gasteiger partial charge in [-0.3, -0.25) is 4.57 Å². The molecule has 0 aliphatic carbocycles. The van der Waals surface area contributed by atoms with Crippen LogP contribution in [0.15, 0.2) is 158 Å². The first-order chi connectivity index (χ1) is 24.2. The summed E-state index contributed by atoms with van der Waals surface area (Å²) in [7, 11) is 0. The van der Waals surface area contributed by atoms with E-state index in [4.69, 9.17) is 25.7 Å². The van der Waals surface area contributed by atoms with E-state index in [2.05, 4.69) is 87.0 Å². The molecule has 0 saturated carbocycles. The van der Waals surface area contributed by atoms with Crippen molar-refractivity contribution in [3.63, 3.8) is 0 Å². The lowest BCUT2D eigenvalue weighted by Gasteiger charge is -2.11. The highest BCUT2D eigenvalue weighted by molar-refractivity contribution is 6.09. The zero-order valence-corrected chi connectivity index (χ0v) is 26.1. The van der Waals surface area contributed by atoms with Crippen molar-refractivity contribution in [2.45, 2.75) is 0 Å². The SMILES string of the molecule is NOOc1ccccc1-c1ccc2c(ccn2-c2ccc3c(c2)c2ccccc2n3-c2nc(-c3ccccc3)nc(-c3ccccc3)n2)c1. The number of benzene rings is 6. The summed E-state index contributed by atoms with van der Waals surface area (Å²) < 4.78 is 4.35. The molecule has 6 aromatic carbocycles. The summed E-state index contributed by atoms with van der Waals surface area (Å²) >= 11 is 0. The molecular weight excluding hydrogens is 608 g/mol. The Morgan fingerprint density at radius 2 is 1.16 bits per heavy atom. The average Bonchev–Trinajstić information content (AvgIpc) is 3.74. The van der Waals surface area contributed by atoms with Crippen LogP contribution >= 0.6 is 0 Å². The fourth-order valence-corrected chi connectivity index (χ4v) is 6.59. The van der Waals surface area contributed by atoms with Crippen molar-refractivity contribution in [1.82, 2.24) is 24.1 Å². The number of hydrogen-bond acceptors (Lipinski definition) is 6. The third-order valence-electron chi connectivity index (χ3n) is 8.85. The van der Waals surface area contributed by atoms with E-state index in [1.165, 1.54) is 0 Å². The number of para-hydroxylation sites is 2. The second-order valence-corrected chi connectivity index (χ2v) is 11.7. The normalized spacial score (nSPS) is 11.4. The lowest BCUT2D eigenvalue weighted by Crippen LogP contribution is -2.06. The average molecular weight is 637 g/mol. The monoisotopic (exact) mass is 636 g/mol. The van der Waals surface area contributed by atoms with Crippen molar-refractivity contribution >= 4 is 32.7 Å². The molecule has 0 unspecified atom stereocenters. The molecule has 0 fully saturated rings. The second kappa shape index (κ2) is 11.9. The van der Waals surface area contributed by atoms with E-state index >= 15 is 0 Å². The van der Waals surface area contributed by atoms with Gasteiger partial charge < -0.3 is 9.45 Å². The van der Waals surface area contributed by atoms with E-state index in [1.54, 1.807) is 0 Å². The summed E-state index contributed by atoms with van der Waals surface area (Å²) in [6, 6.07) is 51.1. The van der Waals surface area contributed by atoms with Gasteiger partial charge in [-0.05, 0) is 54.1 Å². The molecule has 9 aromatic rings. The van der Waals surface area contributed by atoms with Crippen molar-refractivity contribution < 1.29 is 9.88 Å². The molecule has 0 saturated heterocycles. The molecule has 234 valence electrons. The molecule has 8 heteroatoms. The highest BCUT2D eigenvalue weighted by Crippen LogP contribution is 2.36. The third-order valence-corrected chi connectivity index (χ3v) is 8.85. The van der Waals surface area contributed by atoms with Gasteiger partial charge in [0.2, 0.25) is 5.95 Å². The van der Waals surface area contributed by atoms with E-state index in [0.29, 0.717) is 23.3 Å². The minimum atomic E-state index is 0.551. The quantitative estimate of drug-likeness (QED) is 0.139. The summed E-state index contributed by atoms with van der Waals surface area (Å²) in [5.74, 6) is 7.56. The first-order valence-corrected chi connectivity index (χ1v) is 15.9. The van der Waals surface area contributed by atoms with Gasteiger partial charge in [-0.15, -0.1) is 0 Å². The maximum Gasteiger partial charge on any atom is 0.238 e. The maximum atomic E-state index is 5.20. The third kappa shape index (κ3) is 4.99. The van der Waals surface area contributed by atoms with Crippen LogP contribution in [0.3, 0.4) is 0 Å². The first-order valence-electron chi connectivity index (χ1n) is 15.9. The van der Waals surface area contributed by atoms with Crippen LogP contribution in [0, 0.1) is 0 Å². The Kier molecular flexibility index (Phi) is 6.93. The van der Waals surface area contributed by atoms with Crippen LogP contribution in [0.2, 0.25) is 0 Å². The predicted molar refractivity (Wildman–Crippen MR) is 193 cm³/mol. The zero-order valence-electron chi connectivity index (χ0n) is 26.1. The van der Waals surface area contributed by atoms with Gasteiger partial charge in [0.15, 0.2) is 17.4 Å². The fourth-order valence-electron chi connectivity index (χ4n) is 6.59. The molecule has 3 heterocycles. The molecule has 0 radical (unpaired) electrons. The predicted octanol–water partition coefficient (Wildman–Crippen LogP) is 9.10. The Bertz CT molecular complexity index is 2570. The van der Waals surface area contributed by atoms with Crippen molar-refractivity contribution in [3.8, 4) is 51.3 Å². The molecule has 9 rings (SSSR count). The van der Waals surface area contributed by atoms with Crippen LogP contribution in [0.25, 0.3) is 78.2 Å². The smallest absolute Gasteiger partial charge is 0.238 e. The van der Waals surface area contributed by atoms with Crippen LogP contribution in [-0.4, -0.2) is 24.1 Å². The molecule has 0 atom stereocenters. The van der Waals surface area contributed by atoms with Crippen LogP contribution in [0.5, 0.6) is 5.75 Å². The van der Waals surface area contributed by atoms with Crippen LogP contribution in [0.1, 0.15) is 0 Å². The van der Waals surface area contributed by atoms with Gasteiger partial charge in [0, 0.05) is 44.7 Å². The molecule has 8 nitrogen and oxygen atoms in total. The van der Waals surface area contributed by atoms with E-state index in [1.807, 2.05) is 84.9 Å². The first kappa shape index (κ1) is 28.6. The summed E-state index contributed by atoms with van der Waals surface area (Å²) in [6.07, 6.45) is 2.10. The Labute approximate surface area is 281 Å². The minimum Gasteiger partial charge on any atom is -0.319 e. The molecule has 0 amide bonds. The van der Waals surface area contributed by atoms with E-state index in [9.17, 15) is 0 Å². The van der Waals surface area contributed by atoms with E-state index < -0.39 is 0 Å². The summed E-state index contributed by atoms with van der Waals surface area (Å²) in [6.45, 7) is 0. The Morgan fingerprint density at radius 1 is 0.510 bits per heavy atom. The van der Waals surface area contributed by atoms with Crippen LogP contribution in [-0.2, 0) is 4.99 Å². The van der Waals surface area contributed by atoms with Crippen molar-refractivity contribution in [3.05, 3.63) is 158 Å². The highest BCUT2D eigenvalue weighted by atomic mass is 17.3. The summed E-state index contributed by atoms with van der Waals surface area (Å²) in [5, 5.41) is 3.30. The minimum absolute atomic E-state index is 0.551. The highest BCUT2D eigenvalue weighted by Gasteiger charge is 2.19. The molecule has 49 heavy (non-hydrogen) atoms. The van der Waals surface area contributed by atoms with Gasteiger partial charge >= 0.3 is 0 Å². The Morgan fingerprint density at radius 3 is 1.92 bits per heavy atom. The zero-order chi connectivity index (χ0) is 32.7. The van der Waals surface area contributed by atoms with Gasteiger partial charge in [0.1, 0.15) is 0 Å². The number of hydrogen-bond donors (Lipinski definition) is 1. The molecule has 0 aliphatic rings. The van der Waals surface area contributed by atoms with Crippen molar-refractivity contribution in [1.29, 1.82) is 0 Å². The number of aromatic nitrogens is 5. The Hall–Kier alpha value is -6.61. The van der Waals surface area contributed by atoms with Crippen LogP contribution in [0.4, 0.5) is 0 Å². The summed E-state index contributed by atoms with van der Waals surface area (Å²) in [4.78, 5) is 24.7. The number of nitrogens with zero attached hydrogens (tertiary/aromatic N) is 5. The molecular formula is C41H28N6O2. The molecule has 2 N–H and O–H groups in total. The standard InChI is InChI=1S/C41H28N6O2/c42-49-48-38-18-10-8-15-32(38)29-19-21-35-30(25-29)23-24-46(35)31-20-22-37-34(26-31)33-16-7-9-17-36(33)47(37)41-44-39(27-11-3-1-4-12-27)43-40(45-41)28-13-5-2-6-14-28/h1-26H,42H2. The van der Waals surface area contributed by atoms with Crippen LogP contribution < -0.4 is 10.8 Å². The van der Waals surface area contributed by atoms with Gasteiger partial charge in [-0.1, -0.05) is 108 Å². The molecule has 0 spiro atoms. The fraction of sp³-hybridized carbons (Fsp3) is 0. The van der Waals surface area contributed by atoms with Gasteiger partial charge in [0.25, 0.3) is 0 Å². The largest absolute Gasteiger partial charge is 0.319 e. The lowest BCUT2D eigenvalue weighted by molar-refractivity contribution is -0.211. The molecule has 0 aliphatic heterocycles. The lowest BCUT2D eigenvalue weighted by atomic mass is 10.0. The Balaban J connectivity index is 1.20. The van der Waals surface area contributed by atoms with Gasteiger partial charge in [-0.25, -0.2) is 4.98 Å². The second-order valence-electron chi connectivity index (χ2n) is 11.7. The maximum absolute atomic E-state index is 5.20.